The molecule has 0 atom stereocenters. The highest BCUT2D eigenvalue weighted by molar-refractivity contribution is 6.08. The van der Waals surface area contributed by atoms with Crippen LogP contribution in [0.3, 0.4) is 0 Å². The van der Waals surface area contributed by atoms with Gasteiger partial charge in [0.15, 0.2) is 0 Å². The number of aryl methyl sites for hydroxylation is 1. The number of benzene rings is 2. The van der Waals surface area contributed by atoms with Gasteiger partial charge in [0, 0.05) is 46.7 Å². The smallest absolute Gasteiger partial charge is 0.254 e. The number of fused-ring (bicyclic) bond motifs is 2. The summed E-state index contributed by atoms with van der Waals surface area (Å²) in [5.41, 5.74) is 3.53. The second kappa shape index (κ2) is 6.88. The molecule has 0 bridgehead atoms. The Labute approximate surface area is 161 Å². The minimum Gasteiger partial charge on any atom is -0.497 e. The summed E-state index contributed by atoms with van der Waals surface area (Å²) in [7, 11) is 3.54. The first-order valence-corrected chi connectivity index (χ1v) is 9.01. The summed E-state index contributed by atoms with van der Waals surface area (Å²) in [5, 5.41) is 4.64. The lowest BCUT2D eigenvalue weighted by Crippen LogP contribution is -2.27. The molecule has 0 aliphatic heterocycles. The maximum atomic E-state index is 12.9. The average molecular weight is 375 g/mol. The number of aromatic nitrogens is 2. The van der Waals surface area contributed by atoms with Crippen molar-refractivity contribution in [1.29, 1.82) is 0 Å². The lowest BCUT2D eigenvalue weighted by atomic mass is 10.1. The summed E-state index contributed by atoms with van der Waals surface area (Å²) in [6.45, 7) is 2.06. The maximum absolute atomic E-state index is 12.9. The van der Waals surface area contributed by atoms with Crippen LogP contribution in [0.15, 0.2) is 53.3 Å². The van der Waals surface area contributed by atoms with Crippen LogP contribution in [0.1, 0.15) is 21.6 Å². The fourth-order valence-corrected chi connectivity index (χ4v) is 3.56. The Hall–Kier alpha value is -3.54. The number of carbonyl (C=O) groups is 1. The third kappa shape index (κ3) is 2.93. The minimum atomic E-state index is -0.215. The van der Waals surface area contributed by atoms with Gasteiger partial charge < -0.3 is 19.6 Å². The van der Waals surface area contributed by atoms with Crippen LogP contribution in [-0.4, -0.2) is 22.6 Å². The fourth-order valence-electron chi connectivity index (χ4n) is 3.56. The van der Waals surface area contributed by atoms with Gasteiger partial charge in [0.05, 0.1) is 12.7 Å². The molecule has 1 amide bonds. The molecule has 6 nitrogen and oxygen atoms in total. The van der Waals surface area contributed by atoms with Crippen LogP contribution >= 0.6 is 0 Å². The number of para-hydroxylation sites is 1. The highest BCUT2D eigenvalue weighted by atomic mass is 16.5. The molecule has 4 aromatic rings. The molecule has 0 fully saturated rings. The van der Waals surface area contributed by atoms with Gasteiger partial charge in [-0.2, -0.15) is 0 Å². The molecule has 0 unspecified atom stereocenters. The molecule has 2 N–H and O–H groups in total. The molecular weight excluding hydrogens is 354 g/mol. The topological polar surface area (TPSA) is 76.1 Å². The van der Waals surface area contributed by atoms with Crippen LogP contribution in [0.2, 0.25) is 0 Å². The van der Waals surface area contributed by atoms with Crippen LogP contribution in [0, 0.1) is 6.92 Å². The fraction of sp³-hybridized carbons (Fsp3) is 0.182. The molecule has 0 aliphatic rings. The lowest BCUT2D eigenvalue weighted by molar-refractivity contribution is 0.0951. The number of nitrogens with one attached hydrogen (secondary N) is 2. The average Bonchev–Trinajstić information content (AvgIpc) is 2.96. The number of aromatic amines is 1. The van der Waals surface area contributed by atoms with E-state index in [1.807, 2.05) is 48.9 Å². The number of hydrogen-bond donors (Lipinski definition) is 2. The molecule has 4 rings (SSSR count). The highest BCUT2D eigenvalue weighted by Gasteiger charge is 2.18. The number of pyridine rings is 1. The summed E-state index contributed by atoms with van der Waals surface area (Å²) < 4.78 is 7.24. The van der Waals surface area contributed by atoms with Gasteiger partial charge in [-0.15, -0.1) is 0 Å². The summed E-state index contributed by atoms with van der Waals surface area (Å²) in [6.07, 6.45) is 0. The number of rotatable bonds is 4. The predicted octanol–water partition coefficient (Wildman–Crippen LogP) is 3.27. The van der Waals surface area contributed by atoms with Crippen molar-refractivity contribution in [2.75, 3.05) is 7.11 Å². The largest absolute Gasteiger partial charge is 0.497 e. The molecule has 2 heterocycles. The van der Waals surface area contributed by atoms with E-state index in [0.717, 1.165) is 27.5 Å². The highest BCUT2D eigenvalue weighted by Crippen LogP contribution is 2.24. The third-order valence-corrected chi connectivity index (χ3v) is 5.19. The van der Waals surface area contributed by atoms with E-state index in [0.29, 0.717) is 16.9 Å². The Morgan fingerprint density at radius 1 is 1.18 bits per heavy atom. The van der Waals surface area contributed by atoms with E-state index >= 15 is 0 Å². The Bertz CT molecular complexity index is 1270. The SMILES string of the molecule is COc1ccc2[nH]c(=O)c(CNC(=O)c3c(C)n(C)c4ccccc34)cc2c1. The van der Waals surface area contributed by atoms with Crippen molar-refractivity contribution < 1.29 is 9.53 Å². The second-order valence-corrected chi connectivity index (χ2v) is 6.80. The monoisotopic (exact) mass is 375 g/mol. The van der Waals surface area contributed by atoms with Crippen molar-refractivity contribution in [2.45, 2.75) is 13.5 Å². The Kier molecular flexibility index (Phi) is 4.39. The number of amides is 1. The maximum Gasteiger partial charge on any atom is 0.254 e. The summed E-state index contributed by atoms with van der Waals surface area (Å²) in [6, 6.07) is 15.0. The van der Waals surface area contributed by atoms with Crippen molar-refractivity contribution >= 4 is 27.7 Å². The zero-order chi connectivity index (χ0) is 19.8. The van der Waals surface area contributed by atoms with E-state index in [1.54, 1.807) is 25.3 Å². The first kappa shape index (κ1) is 17.9. The summed E-state index contributed by atoms with van der Waals surface area (Å²) in [4.78, 5) is 28.1. The van der Waals surface area contributed by atoms with Gasteiger partial charge in [0.1, 0.15) is 5.75 Å². The number of nitrogens with zero attached hydrogens (tertiary/aromatic N) is 1. The zero-order valence-corrected chi connectivity index (χ0v) is 16.0. The molecule has 0 saturated carbocycles. The van der Waals surface area contributed by atoms with Crippen LogP contribution < -0.4 is 15.6 Å². The Morgan fingerprint density at radius 3 is 2.75 bits per heavy atom. The molecule has 2 aromatic heterocycles. The number of ether oxygens (including phenoxy) is 1. The van der Waals surface area contributed by atoms with Crippen molar-refractivity contribution in [1.82, 2.24) is 14.9 Å². The van der Waals surface area contributed by atoms with Gasteiger partial charge in [0.2, 0.25) is 0 Å². The first-order valence-electron chi connectivity index (χ1n) is 9.01. The third-order valence-electron chi connectivity index (χ3n) is 5.19. The Balaban J connectivity index is 1.65. The van der Waals surface area contributed by atoms with Gasteiger partial charge in [-0.25, -0.2) is 0 Å². The molecular formula is C22H21N3O3. The number of H-pyrrole nitrogens is 1. The molecule has 0 radical (unpaired) electrons. The molecule has 28 heavy (non-hydrogen) atoms. The van der Waals surface area contributed by atoms with Crippen molar-refractivity contribution in [3.05, 3.63) is 75.7 Å². The normalized spacial score (nSPS) is 11.1. The standard InChI is InChI=1S/C22H21N3O3/c1-13-20(17-6-4-5-7-19(17)25(13)2)22(27)23-12-15-10-14-11-16(28-3)8-9-18(14)24-21(15)26/h4-11H,12H2,1-3H3,(H,23,27)(H,24,26). The van der Waals surface area contributed by atoms with Gasteiger partial charge in [-0.3, -0.25) is 9.59 Å². The lowest BCUT2D eigenvalue weighted by Gasteiger charge is -2.08. The second-order valence-electron chi connectivity index (χ2n) is 6.80. The van der Waals surface area contributed by atoms with Crippen LogP contribution in [0.5, 0.6) is 5.75 Å². The minimum absolute atomic E-state index is 0.143. The number of carbonyl (C=O) groups excluding carboxylic acids is 1. The van der Waals surface area contributed by atoms with E-state index in [-0.39, 0.29) is 18.0 Å². The first-order chi connectivity index (χ1) is 13.5. The molecule has 0 aliphatic carbocycles. The van der Waals surface area contributed by atoms with E-state index in [4.69, 9.17) is 4.74 Å². The summed E-state index contributed by atoms with van der Waals surface area (Å²) in [5.74, 6) is 0.514. The predicted molar refractivity (Wildman–Crippen MR) is 110 cm³/mol. The summed E-state index contributed by atoms with van der Waals surface area (Å²) >= 11 is 0. The molecule has 2 aromatic carbocycles. The van der Waals surface area contributed by atoms with Gasteiger partial charge in [0.25, 0.3) is 11.5 Å². The van der Waals surface area contributed by atoms with Gasteiger partial charge in [-0.05, 0) is 37.3 Å². The molecule has 6 heteroatoms. The van der Waals surface area contributed by atoms with Gasteiger partial charge in [-0.1, -0.05) is 18.2 Å². The Morgan fingerprint density at radius 2 is 1.96 bits per heavy atom. The van der Waals surface area contributed by atoms with E-state index < -0.39 is 0 Å². The van der Waals surface area contributed by atoms with Crippen molar-refractivity contribution in [3.8, 4) is 5.75 Å². The van der Waals surface area contributed by atoms with Crippen molar-refractivity contribution in [3.63, 3.8) is 0 Å². The van der Waals surface area contributed by atoms with Gasteiger partial charge >= 0.3 is 0 Å². The van der Waals surface area contributed by atoms with Crippen molar-refractivity contribution in [2.24, 2.45) is 7.05 Å². The van der Waals surface area contributed by atoms with E-state index in [1.165, 1.54) is 0 Å². The van der Waals surface area contributed by atoms with Crippen LogP contribution in [-0.2, 0) is 13.6 Å². The molecule has 0 saturated heterocycles. The molecule has 142 valence electrons. The van der Waals surface area contributed by atoms with Crippen LogP contribution in [0.25, 0.3) is 21.8 Å². The zero-order valence-electron chi connectivity index (χ0n) is 16.0. The van der Waals surface area contributed by atoms with E-state index in [2.05, 4.69) is 10.3 Å². The number of hydrogen-bond acceptors (Lipinski definition) is 3. The van der Waals surface area contributed by atoms with E-state index in [9.17, 15) is 9.59 Å². The molecule has 0 spiro atoms. The number of methoxy groups -OCH3 is 1. The quantitative estimate of drug-likeness (QED) is 0.575. The van der Waals surface area contributed by atoms with Crippen LogP contribution in [0.4, 0.5) is 0 Å².